The van der Waals surface area contributed by atoms with Crippen LogP contribution < -0.4 is 16.3 Å². The quantitative estimate of drug-likeness (QED) is 0.247. The van der Waals surface area contributed by atoms with E-state index in [1.807, 2.05) is 0 Å². The van der Waals surface area contributed by atoms with Gasteiger partial charge in [0, 0.05) is 77.1 Å². The van der Waals surface area contributed by atoms with Crippen molar-refractivity contribution in [2.45, 2.75) is 56.4 Å². The number of nitrogens with zero attached hydrogens (tertiary/aromatic N) is 4. The van der Waals surface area contributed by atoms with Crippen molar-refractivity contribution >= 4 is 51.2 Å². The number of alkyl halides is 3. The van der Waals surface area contributed by atoms with Crippen LogP contribution >= 0.6 is 11.8 Å². The summed E-state index contributed by atoms with van der Waals surface area (Å²) in [6.45, 7) is 7.65. The summed E-state index contributed by atoms with van der Waals surface area (Å²) in [5, 5.41) is 0.0877. The molecule has 46 heavy (non-hydrogen) atoms. The number of anilines is 1. The van der Waals surface area contributed by atoms with Gasteiger partial charge in [0.1, 0.15) is 22.9 Å². The first kappa shape index (κ1) is 30.3. The second kappa shape index (κ2) is 10.3. The number of ketones is 1. The van der Waals surface area contributed by atoms with Gasteiger partial charge in [0.15, 0.2) is 0 Å². The van der Waals surface area contributed by atoms with Gasteiger partial charge in [0.25, 0.3) is 0 Å². The Morgan fingerprint density at radius 3 is 2.41 bits per heavy atom. The van der Waals surface area contributed by atoms with Crippen LogP contribution in [0.3, 0.4) is 0 Å². The summed E-state index contributed by atoms with van der Waals surface area (Å²) in [4.78, 5) is 63.4. The molecule has 1 aliphatic carbocycles. The Labute approximate surface area is 262 Å². The van der Waals surface area contributed by atoms with Gasteiger partial charge in [-0.3, -0.25) is 14.2 Å². The molecule has 2 aromatic heterocycles. The molecule has 1 spiro atoms. The van der Waals surface area contributed by atoms with Crippen LogP contribution in [-0.4, -0.2) is 67.0 Å². The molecule has 7 rings (SSSR count). The first-order valence-corrected chi connectivity index (χ1v) is 15.6. The van der Waals surface area contributed by atoms with E-state index in [0.29, 0.717) is 0 Å². The SMILES string of the molecule is C=CC(=O)N1[C@H](C)CN(c2nc(=O)n3c4c(c(-c5ccc(F)c6[nH]c(=O)[nH]c56)c(C(F)(F)F)cc24)SCC2(CC(=O)C2)C3)C[C@@H]1C. The van der Waals surface area contributed by atoms with Gasteiger partial charge in [-0.1, -0.05) is 6.58 Å². The average molecular weight is 657 g/mol. The van der Waals surface area contributed by atoms with Crippen LogP contribution in [0, 0.1) is 11.2 Å². The van der Waals surface area contributed by atoms with E-state index in [9.17, 15) is 23.6 Å². The summed E-state index contributed by atoms with van der Waals surface area (Å²) in [6, 6.07) is 2.40. The minimum atomic E-state index is -4.91. The van der Waals surface area contributed by atoms with E-state index < -0.39 is 34.4 Å². The summed E-state index contributed by atoms with van der Waals surface area (Å²) < 4.78 is 61.6. The molecule has 4 heterocycles. The number of fused-ring (bicyclic) bond motifs is 1. The van der Waals surface area contributed by atoms with E-state index in [1.54, 1.807) is 23.6 Å². The number of carbonyl (C=O) groups excluding carboxylic acids is 2. The Bertz CT molecular complexity index is 2100. The molecule has 10 nitrogen and oxygen atoms in total. The van der Waals surface area contributed by atoms with Gasteiger partial charge >= 0.3 is 17.6 Å². The fraction of sp³-hybridized carbons (Fsp3) is 0.387. The number of thioether (sulfide) groups is 1. The third-order valence-corrected chi connectivity index (χ3v) is 10.7. The number of imidazole rings is 1. The van der Waals surface area contributed by atoms with Crippen molar-refractivity contribution < 1.29 is 27.2 Å². The second-order valence-electron chi connectivity index (χ2n) is 12.5. The largest absolute Gasteiger partial charge is 0.417 e. The first-order valence-electron chi connectivity index (χ1n) is 14.6. The zero-order valence-electron chi connectivity index (χ0n) is 24.8. The number of halogens is 4. The van der Waals surface area contributed by atoms with Gasteiger partial charge in [0.05, 0.1) is 16.6 Å². The number of piperazine rings is 1. The van der Waals surface area contributed by atoms with Crippen molar-refractivity contribution in [3.05, 3.63) is 63.2 Å². The van der Waals surface area contributed by atoms with Gasteiger partial charge in [-0.25, -0.2) is 14.0 Å². The van der Waals surface area contributed by atoms with E-state index in [4.69, 9.17) is 0 Å². The lowest BCUT2D eigenvalue weighted by Gasteiger charge is -2.44. The third-order valence-electron chi connectivity index (χ3n) is 9.21. The monoisotopic (exact) mass is 656 g/mol. The fourth-order valence-corrected chi connectivity index (χ4v) is 8.82. The molecule has 1 saturated carbocycles. The minimum absolute atomic E-state index is 0.00306. The van der Waals surface area contributed by atoms with Gasteiger partial charge in [-0.15, -0.1) is 11.8 Å². The lowest BCUT2D eigenvalue weighted by Crippen LogP contribution is -2.58. The smallest absolute Gasteiger partial charge is 0.352 e. The van der Waals surface area contributed by atoms with Crippen LogP contribution in [0.5, 0.6) is 0 Å². The van der Waals surface area contributed by atoms with Crippen LogP contribution in [0.1, 0.15) is 32.3 Å². The molecule has 2 aliphatic heterocycles. The molecule has 0 radical (unpaired) electrons. The number of benzene rings is 2. The normalized spacial score (nSPS) is 21.1. The van der Waals surface area contributed by atoms with E-state index in [-0.39, 0.29) is 106 Å². The number of H-pyrrole nitrogens is 2. The van der Waals surface area contributed by atoms with Crippen molar-refractivity contribution in [2.75, 3.05) is 23.7 Å². The van der Waals surface area contributed by atoms with Crippen LogP contribution in [0.2, 0.25) is 0 Å². The molecular formula is C31H28F4N6O4S. The second-order valence-corrected chi connectivity index (χ2v) is 13.5. The molecule has 4 aromatic rings. The van der Waals surface area contributed by atoms with E-state index >= 15 is 13.2 Å². The first-order chi connectivity index (χ1) is 21.7. The molecule has 3 aliphatic rings. The van der Waals surface area contributed by atoms with Crippen molar-refractivity contribution in [1.29, 1.82) is 0 Å². The van der Waals surface area contributed by atoms with Crippen LogP contribution in [-0.2, 0) is 22.3 Å². The lowest BCUT2D eigenvalue weighted by atomic mass is 9.69. The maximum absolute atomic E-state index is 15.2. The Hall–Kier alpha value is -4.40. The number of hydrogen-bond donors (Lipinski definition) is 2. The third kappa shape index (κ3) is 4.57. The van der Waals surface area contributed by atoms with Gasteiger partial charge in [0.2, 0.25) is 5.91 Å². The molecular weight excluding hydrogens is 628 g/mol. The van der Waals surface area contributed by atoms with E-state index in [1.165, 1.54) is 16.7 Å². The standard InChI is InChI=1S/C31H28F4N6O4S/c1-4-21(43)41-14(2)10-39(11-15(41)3)27-18-7-19(31(33,34)35)22(17-5-6-20(32)24-23(17)36-28(44)37-24)26-25(18)40(29(45)38-27)12-30(13-46-26)8-16(42)9-30/h4-7,14-15H,1,8-13H2,2-3H3,(H2,36,37,44)/t14-,15+. The number of rotatable bonds is 3. The van der Waals surface area contributed by atoms with Gasteiger partial charge in [-0.05, 0) is 38.1 Å². The molecule has 0 unspecified atom stereocenters. The zero-order valence-corrected chi connectivity index (χ0v) is 25.6. The Balaban J connectivity index is 1.55. The van der Waals surface area contributed by atoms with E-state index in [2.05, 4.69) is 21.5 Å². The van der Waals surface area contributed by atoms with Gasteiger partial charge < -0.3 is 19.8 Å². The van der Waals surface area contributed by atoms with Crippen molar-refractivity contribution in [2.24, 2.45) is 5.41 Å². The molecule has 2 fully saturated rings. The van der Waals surface area contributed by atoms with Crippen LogP contribution in [0.4, 0.5) is 23.4 Å². The summed E-state index contributed by atoms with van der Waals surface area (Å²) in [5.74, 6) is -0.799. The Morgan fingerprint density at radius 1 is 1.11 bits per heavy atom. The van der Waals surface area contributed by atoms with Crippen LogP contribution in [0.25, 0.3) is 33.1 Å². The molecule has 1 saturated heterocycles. The predicted octanol–water partition coefficient (Wildman–Crippen LogP) is 4.46. The predicted molar refractivity (Wildman–Crippen MR) is 164 cm³/mol. The number of aromatic amines is 2. The highest BCUT2D eigenvalue weighted by Crippen LogP contribution is 2.53. The number of carbonyl (C=O) groups is 2. The molecule has 0 bridgehead atoms. The maximum Gasteiger partial charge on any atom is 0.417 e. The van der Waals surface area contributed by atoms with E-state index in [0.717, 1.165) is 23.9 Å². The molecule has 15 heteroatoms. The van der Waals surface area contributed by atoms with Gasteiger partial charge in [-0.2, -0.15) is 18.2 Å². The highest BCUT2D eigenvalue weighted by molar-refractivity contribution is 7.99. The summed E-state index contributed by atoms with van der Waals surface area (Å²) in [6.07, 6.45) is -3.36. The highest BCUT2D eigenvalue weighted by Gasteiger charge is 2.47. The summed E-state index contributed by atoms with van der Waals surface area (Å²) >= 11 is 1.11. The minimum Gasteiger partial charge on any atom is -0.352 e. The number of Topliss-reactive ketones (excluding diaryl/α,β-unsaturated/α-hetero) is 1. The average Bonchev–Trinajstić information content (AvgIpc) is 3.28. The molecule has 240 valence electrons. The Morgan fingerprint density at radius 2 is 1.78 bits per heavy atom. The lowest BCUT2D eigenvalue weighted by molar-refractivity contribution is -0.137. The topological polar surface area (TPSA) is 124 Å². The number of hydrogen-bond acceptors (Lipinski definition) is 7. The maximum atomic E-state index is 15.2. The summed E-state index contributed by atoms with van der Waals surface area (Å²) in [5.41, 5.74) is -3.74. The Kier molecular flexibility index (Phi) is 6.78. The van der Waals surface area contributed by atoms with Crippen LogP contribution in [0.15, 0.2) is 45.3 Å². The molecule has 2 aromatic carbocycles. The fourth-order valence-electron chi connectivity index (χ4n) is 7.35. The zero-order chi connectivity index (χ0) is 32.9. The molecule has 1 amide bonds. The van der Waals surface area contributed by atoms with Crippen molar-refractivity contribution in [3.8, 4) is 11.1 Å². The number of aromatic nitrogens is 4. The van der Waals surface area contributed by atoms with Crippen molar-refractivity contribution in [1.82, 2.24) is 24.4 Å². The van der Waals surface area contributed by atoms with Crippen molar-refractivity contribution in [3.63, 3.8) is 0 Å². The summed E-state index contributed by atoms with van der Waals surface area (Å²) in [7, 11) is 0. The highest BCUT2D eigenvalue weighted by atomic mass is 32.2. The molecule has 2 N–H and O–H groups in total. The number of amides is 1. The molecule has 2 atom stereocenters. The number of nitrogens with one attached hydrogen (secondary N) is 2.